The van der Waals surface area contributed by atoms with E-state index in [1.54, 1.807) is 30.7 Å². The number of hydrogen-bond acceptors (Lipinski definition) is 7. The third-order valence-corrected chi connectivity index (χ3v) is 4.22. The number of nitrogen functional groups attached to an aromatic ring is 1. The first-order valence-electron chi connectivity index (χ1n) is 8.68. The largest absolute Gasteiger partial charge is 0.384 e. The summed E-state index contributed by atoms with van der Waals surface area (Å²) in [7, 11) is 0. The molecule has 0 unspecified atom stereocenters. The number of nitrogens with one attached hydrogen (secondary N) is 1. The molecule has 0 amide bonds. The lowest BCUT2D eigenvalue weighted by atomic mass is 10.2. The summed E-state index contributed by atoms with van der Waals surface area (Å²) in [6.07, 6.45) is 5.13. The van der Waals surface area contributed by atoms with E-state index in [1.165, 1.54) is 0 Å². The average Bonchev–Trinajstić information content (AvgIpc) is 2.98. The van der Waals surface area contributed by atoms with Gasteiger partial charge in [0.2, 0.25) is 0 Å². The number of nitrogens with two attached hydrogens (primary N) is 1. The lowest BCUT2D eigenvalue weighted by Gasteiger charge is -2.11. The zero-order valence-corrected chi connectivity index (χ0v) is 15.4. The molecule has 136 valence electrons. The number of aryl methyl sites for hydroxylation is 1. The van der Waals surface area contributed by atoms with Crippen molar-refractivity contribution in [3.8, 4) is 11.4 Å². The zero-order chi connectivity index (χ0) is 19.0. The van der Waals surface area contributed by atoms with Gasteiger partial charge in [-0.2, -0.15) is 0 Å². The van der Waals surface area contributed by atoms with Gasteiger partial charge in [0.1, 0.15) is 28.8 Å². The summed E-state index contributed by atoms with van der Waals surface area (Å²) >= 11 is 0. The first-order valence-corrected chi connectivity index (χ1v) is 8.68. The fourth-order valence-electron chi connectivity index (χ4n) is 3.08. The average molecular weight is 360 g/mol. The predicted octanol–water partition coefficient (Wildman–Crippen LogP) is 3.50. The molecule has 4 aromatic heterocycles. The molecule has 4 heterocycles. The summed E-state index contributed by atoms with van der Waals surface area (Å²) in [4.78, 5) is 22.0. The van der Waals surface area contributed by atoms with Crippen molar-refractivity contribution < 1.29 is 0 Å². The van der Waals surface area contributed by atoms with Crippen LogP contribution in [0.2, 0.25) is 0 Å². The van der Waals surface area contributed by atoms with Crippen molar-refractivity contribution in [2.75, 3.05) is 11.1 Å². The summed E-state index contributed by atoms with van der Waals surface area (Å²) in [6.45, 7) is 6.28. The third kappa shape index (κ3) is 3.29. The number of anilines is 3. The molecular formula is C19H20N8. The van der Waals surface area contributed by atoms with Crippen LogP contribution < -0.4 is 11.1 Å². The van der Waals surface area contributed by atoms with Crippen molar-refractivity contribution >= 4 is 28.5 Å². The summed E-state index contributed by atoms with van der Waals surface area (Å²) in [5.74, 6) is 3.35. The van der Waals surface area contributed by atoms with Crippen LogP contribution in [0.15, 0.2) is 42.9 Å². The first kappa shape index (κ1) is 16.9. The number of imidazole rings is 1. The zero-order valence-electron chi connectivity index (χ0n) is 15.4. The maximum absolute atomic E-state index is 5.64. The van der Waals surface area contributed by atoms with Crippen LogP contribution in [-0.4, -0.2) is 29.5 Å². The molecule has 0 aliphatic heterocycles. The Bertz CT molecular complexity index is 1100. The molecule has 0 atom stereocenters. The molecule has 0 aliphatic carbocycles. The van der Waals surface area contributed by atoms with Crippen molar-refractivity contribution in [1.29, 1.82) is 0 Å². The second-order valence-electron chi connectivity index (χ2n) is 6.54. The molecular weight excluding hydrogens is 340 g/mol. The van der Waals surface area contributed by atoms with Crippen molar-refractivity contribution in [2.45, 2.75) is 26.8 Å². The minimum atomic E-state index is 0.314. The van der Waals surface area contributed by atoms with Gasteiger partial charge in [-0.1, -0.05) is 0 Å². The number of rotatable bonds is 4. The highest BCUT2D eigenvalue weighted by molar-refractivity contribution is 5.79. The maximum atomic E-state index is 5.64. The van der Waals surface area contributed by atoms with Gasteiger partial charge in [-0.05, 0) is 39.0 Å². The van der Waals surface area contributed by atoms with Gasteiger partial charge in [-0.3, -0.25) is 0 Å². The smallest absolute Gasteiger partial charge is 0.163 e. The van der Waals surface area contributed by atoms with Gasteiger partial charge in [0, 0.05) is 30.1 Å². The molecule has 4 aromatic rings. The molecule has 0 saturated carbocycles. The molecule has 0 fully saturated rings. The highest BCUT2D eigenvalue weighted by Gasteiger charge is 2.12. The second kappa shape index (κ2) is 6.64. The number of aromatic nitrogens is 6. The summed E-state index contributed by atoms with van der Waals surface area (Å²) < 4.78 is 2.19. The van der Waals surface area contributed by atoms with Gasteiger partial charge >= 0.3 is 0 Å². The van der Waals surface area contributed by atoms with E-state index in [2.05, 4.69) is 48.7 Å². The topological polar surface area (TPSA) is 107 Å². The molecule has 0 spiro atoms. The van der Waals surface area contributed by atoms with E-state index in [0.29, 0.717) is 29.3 Å². The Morgan fingerprint density at radius 2 is 1.85 bits per heavy atom. The van der Waals surface area contributed by atoms with Crippen LogP contribution in [0.1, 0.15) is 25.7 Å². The van der Waals surface area contributed by atoms with Gasteiger partial charge in [0.05, 0.1) is 11.7 Å². The van der Waals surface area contributed by atoms with Crippen LogP contribution in [0.3, 0.4) is 0 Å². The quantitative estimate of drug-likeness (QED) is 0.573. The van der Waals surface area contributed by atoms with Crippen LogP contribution >= 0.6 is 0 Å². The number of pyridine rings is 2. The highest BCUT2D eigenvalue weighted by atomic mass is 15.1. The van der Waals surface area contributed by atoms with Crippen LogP contribution in [-0.2, 0) is 0 Å². The number of nitrogens with zero attached hydrogens (tertiary/aromatic N) is 6. The van der Waals surface area contributed by atoms with Gasteiger partial charge in [0.15, 0.2) is 5.82 Å². The van der Waals surface area contributed by atoms with Crippen molar-refractivity contribution in [1.82, 2.24) is 29.5 Å². The van der Waals surface area contributed by atoms with Gasteiger partial charge in [-0.25, -0.2) is 24.9 Å². The monoisotopic (exact) mass is 360 g/mol. The first-order chi connectivity index (χ1) is 13.0. The van der Waals surface area contributed by atoms with Crippen LogP contribution in [0, 0.1) is 6.92 Å². The minimum absolute atomic E-state index is 0.314. The second-order valence-corrected chi connectivity index (χ2v) is 6.54. The van der Waals surface area contributed by atoms with E-state index in [4.69, 9.17) is 5.73 Å². The normalized spacial score (nSPS) is 11.3. The molecule has 8 nitrogen and oxygen atoms in total. The van der Waals surface area contributed by atoms with E-state index < -0.39 is 0 Å². The molecule has 0 radical (unpaired) electrons. The lowest BCUT2D eigenvalue weighted by Crippen LogP contribution is -2.03. The Morgan fingerprint density at radius 1 is 1.00 bits per heavy atom. The fraction of sp³-hybridized carbons (Fsp3) is 0.211. The molecule has 0 bridgehead atoms. The molecule has 0 aromatic carbocycles. The van der Waals surface area contributed by atoms with E-state index in [9.17, 15) is 0 Å². The predicted molar refractivity (Wildman–Crippen MR) is 106 cm³/mol. The highest BCUT2D eigenvalue weighted by Crippen LogP contribution is 2.24. The van der Waals surface area contributed by atoms with Crippen LogP contribution in [0.4, 0.5) is 17.5 Å². The molecule has 3 N–H and O–H groups in total. The Hall–Kier alpha value is -3.55. The summed E-state index contributed by atoms with van der Waals surface area (Å²) in [6, 6.07) is 7.67. The molecule has 0 saturated heterocycles. The number of hydrogen-bond donors (Lipinski definition) is 2. The Morgan fingerprint density at radius 3 is 2.59 bits per heavy atom. The SMILES string of the molecule is Cc1nc2cnc(Nc3ccnc(-c4ccc(N)nc4)n3)cc2n1C(C)C. The van der Waals surface area contributed by atoms with Crippen molar-refractivity contribution in [3.05, 3.63) is 48.7 Å². The Balaban J connectivity index is 1.67. The van der Waals surface area contributed by atoms with E-state index in [0.717, 1.165) is 22.4 Å². The Kier molecular flexibility index (Phi) is 4.15. The molecule has 27 heavy (non-hydrogen) atoms. The number of fused-ring (bicyclic) bond motifs is 1. The molecule has 4 rings (SSSR count). The van der Waals surface area contributed by atoms with Crippen molar-refractivity contribution in [3.63, 3.8) is 0 Å². The fourth-order valence-corrected chi connectivity index (χ4v) is 3.08. The van der Waals surface area contributed by atoms with E-state index >= 15 is 0 Å². The van der Waals surface area contributed by atoms with Gasteiger partial charge in [-0.15, -0.1) is 0 Å². The van der Waals surface area contributed by atoms with Gasteiger partial charge < -0.3 is 15.6 Å². The van der Waals surface area contributed by atoms with Crippen LogP contribution in [0.25, 0.3) is 22.4 Å². The molecule has 8 heteroatoms. The minimum Gasteiger partial charge on any atom is -0.384 e. The summed E-state index contributed by atoms with van der Waals surface area (Å²) in [5, 5.41) is 3.24. The molecule has 0 aliphatic rings. The van der Waals surface area contributed by atoms with Crippen LogP contribution in [0.5, 0.6) is 0 Å². The Labute approximate surface area is 156 Å². The third-order valence-electron chi connectivity index (χ3n) is 4.22. The van der Waals surface area contributed by atoms with E-state index in [1.807, 2.05) is 19.1 Å². The maximum Gasteiger partial charge on any atom is 0.163 e. The van der Waals surface area contributed by atoms with Crippen molar-refractivity contribution in [2.24, 2.45) is 0 Å². The standard InChI is InChI=1S/C19H20N8/c1-11(2)27-12(3)24-14-10-23-18(8-15(14)27)25-17-6-7-21-19(26-17)13-4-5-16(20)22-9-13/h4-11H,1-3H3,(H2,20,22)(H,21,23,25,26). The van der Waals surface area contributed by atoms with Gasteiger partial charge in [0.25, 0.3) is 0 Å². The lowest BCUT2D eigenvalue weighted by molar-refractivity contribution is 0.600. The summed E-state index contributed by atoms with van der Waals surface area (Å²) in [5.41, 5.74) is 8.35. The van der Waals surface area contributed by atoms with E-state index in [-0.39, 0.29) is 0 Å².